The maximum absolute atomic E-state index is 14.6. The Balaban J connectivity index is 1.63. The molecule has 1 amide bonds. The number of aromatic nitrogens is 3. The van der Waals surface area contributed by atoms with Gasteiger partial charge >= 0.3 is 12.4 Å². The zero-order chi connectivity index (χ0) is 32.7. The molecule has 0 spiro atoms. The largest absolute Gasteiger partial charge is 0.417 e. The van der Waals surface area contributed by atoms with Gasteiger partial charge in [-0.3, -0.25) is 14.5 Å². The maximum Gasteiger partial charge on any atom is 0.417 e. The number of H-pyrrole nitrogens is 1. The molecule has 10 nitrogen and oxygen atoms in total. The molecule has 4 heterocycles. The van der Waals surface area contributed by atoms with Crippen molar-refractivity contribution in [3.63, 3.8) is 0 Å². The van der Waals surface area contributed by atoms with Gasteiger partial charge < -0.3 is 24.8 Å². The number of likely N-dealkylation sites (N-methyl/N-ethyl adjacent to an activating group) is 1. The highest BCUT2D eigenvalue weighted by molar-refractivity contribution is 6.07. The number of carbonyl (C=O) groups is 1. The van der Waals surface area contributed by atoms with Gasteiger partial charge in [-0.1, -0.05) is 0 Å². The second kappa shape index (κ2) is 12.3. The predicted molar refractivity (Wildman–Crippen MR) is 154 cm³/mol. The van der Waals surface area contributed by atoms with E-state index in [0.29, 0.717) is 38.4 Å². The first-order valence-corrected chi connectivity index (χ1v) is 14.1. The number of morpholine rings is 1. The fourth-order valence-electron chi connectivity index (χ4n) is 5.50. The zero-order valence-electron chi connectivity index (χ0n) is 24.6. The van der Waals surface area contributed by atoms with Gasteiger partial charge in [0.25, 0.3) is 5.91 Å². The molecule has 2 saturated heterocycles. The van der Waals surface area contributed by atoms with Crippen molar-refractivity contribution in [3.05, 3.63) is 63.8 Å². The van der Waals surface area contributed by atoms with Gasteiger partial charge in [-0.05, 0) is 38.6 Å². The van der Waals surface area contributed by atoms with Crippen molar-refractivity contribution < 1.29 is 35.9 Å². The van der Waals surface area contributed by atoms with Crippen LogP contribution in [-0.2, 0) is 17.1 Å². The standard InChI is InChI=1S/C29H31F6N7O3/c1-16-14-42(15-17(2)40(16)3)24-9-21(28(30,31)32)19(18-11-37-27(38-12-18)41-4-6-45-7-5-41)8-23(24)39-26(44)20-13-36-25(43)10-22(20)29(33,34)35/h8-13,16-17H,4-7,14-15H2,1-3H3,(H,36,43)(H,39,44). The summed E-state index contributed by atoms with van der Waals surface area (Å²) in [6, 6.07) is 2.04. The number of anilines is 3. The molecule has 0 radical (unpaired) electrons. The van der Waals surface area contributed by atoms with E-state index in [2.05, 4.69) is 25.2 Å². The lowest BCUT2D eigenvalue weighted by molar-refractivity contribution is -0.138. The summed E-state index contributed by atoms with van der Waals surface area (Å²) in [5, 5.41) is 2.40. The molecule has 3 aromatic rings. The molecule has 2 aliphatic heterocycles. The van der Waals surface area contributed by atoms with E-state index in [1.165, 1.54) is 12.4 Å². The highest BCUT2D eigenvalue weighted by atomic mass is 19.4. The molecular weight excluding hydrogens is 608 g/mol. The minimum Gasteiger partial charge on any atom is -0.378 e. The molecule has 2 unspecified atom stereocenters. The van der Waals surface area contributed by atoms with E-state index in [0.717, 1.165) is 12.1 Å². The monoisotopic (exact) mass is 639 g/mol. The molecule has 242 valence electrons. The van der Waals surface area contributed by atoms with E-state index in [9.17, 15) is 35.9 Å². The van der Waals surface area contributed by atoms with Gasteiger partial charge in [0.1, 0.15) is 0 Å². The van der Waals surface area contributed by atoms with E-state index in [4.69, 9.17) is 4.74 Å². The van der Waals surface area contributed by atoms with Crippen molar-refractivity contribution in [2.24, 2.45) is 0 Å². The smallest absolute Gasteiger partial charge is 0.378 e. The third-order valence-electron chi connectivity index (χ3n) is 8.11. The van der Waals surface area contributed by atoms with Gasteiger partial charge in [0, 0.05) is 68.5 Å². The Morgan fingerprint density at radius 3 is 2.11 bits per heavy atom. The molecule has 2 fully saturated rings. The molecular formula is C29H31F6N7O3. The average molecular weight is 640 g/mol. The molecule has 2 N–H and O–H groups in total. The predicted octanol–water partition coefficient (Wildman–Crippen LogP) is 4.49. The number of alkyl halides is 6. The number of carbonyl (C=O) groups excluding carboxylic acids is 1. The number of pyridine rings is 1. The number of hydrogen-bond acceptors (Lipinski definition) is 8. The second-order valence-corrected chi connectivity index (χ2v) is 11.1. The number of aromatic amines is 1. The van der Waals surface area contributed by atoms with E-state index < -0.39 is 40.5 Å². The van der Waals surface area contributed by atoms with Crippen molar-refractivity contribution >= 4 is 23.2 Å². The van der Waals surface area contributed by atoms with Gasteiger partial charge in [-0.15, -0.1) is 0 Å². The van der Waals surface area contributed by atoms with Crippen molar-refractivity contribution in [1.29, 1.82) is 0 Å². The lowest BCUT2D eigenvalue weighted by Crippen LogP contribution is -2.55. The number of halogens is 6. The fraction of sp³-hybridized carbons (Fsp3) is 0.448. The quantitative estimate of drug-likeness (QED) is 0.394. The van der Waals surface area contributed by atoms with Crippen LogP contribution in [0.1, 0.15) is 35.3 Å². The van der Waals surface area contributed by atoms with Crippen molar-refractivity contribution in [1.82, 2.24) is 19.9 Å². The van der Waals surface area contributed by atoms with Gasteiger partial charge in [-0.25, -0.2) is 9.97 Å². The number of nitrogens with zero attached hydrogens (tertiary/aromatic N) is 5. The normalized spacial score (nSPS) is 19.9. The minimum atomic E-state index is -5.04. The van der Waals surface area contributed by atoms with Crippen LogP contribution >= 0.6 is 0 Å². The average Bonchev–Trinajstić information content (AvgIpc) is 2.99. The first kappa shape index (κ1) is 32.2. The van der Waals surface area contributed by atoms with Gasteiger partial charge in [0.2, 0.25) is 11.5 Å². The molecule has 0 aliphatic carbocycles. The summed E-state index contributed by atoms with van der Waals surface area (Å²) >= 11 is 0. The Bertz CT molecular complexity index is 1590. The summed E-state index contributed by atoms with van der Waals surface area (Å²) < 4.78 is 90.4. The highest BCUT2D eigenvalue weighted by Crippen LogP contribution is 2.44. The molecule has 1 aromatic carbocycles. The van der Waals surface area contributed by atoms with Crippen molar-refractivity contribution in [3.8, 4) is 11.1 Å². The molecule has 2 atom stereocenters. The summed E-state index contributed by atoms with van der Waals surface area (Å²) in [6.45, 7) is 6.25. The topological polar surface area (TPSA) is 107 Å². The first-order chi connectivity index (χ1) is 21.1. The van der Waals surface area contributed by atoms with Crippen LogP contribution in [0.5, 0.6) is 0 Å². The Labute approximate surface area is 254 Å². The lowest BCUT2D eigenvalue weighted by Gasteiger charge is -2.44. The van der Waals surface area contributed by atoms with Crippen molar-refractivity contribution in [2.75, 3.05) is 61.6 Å². The van der Waals surface area contributed by atoms with Crippen LogP contribution in [0, 0.1) is 0 Å². The fourth-order valence-corrected chi connectivity index (χ4v) is 5.50. The summed E-state index contributed by atoms with van der Waals surface area (Å²) in [5.74, 6) is -0.960. The molecule has 16 heteroatoms. The Hall–Kier alpha value is -4.18. The van der Waals surface area contributed by atoms with Crippen LogP contribution in [0.15, 0.2) is 41.6 Å². The number of amides is 1. The Morgan fingerprint density at radius 2 is 1.53 bits per heavy atom. The zero-order valence-corrected chi connectivity index (χ0v) is 24.6. The van der Waals surface area contributed by atoms with Crippen LogP contribution < -0.4 is 20.7 Å². The summed E-state index contributed by atoms with van der Waals surface area (Å²) in [4.78, 5) is 41.1. The third kappa shape index (κ3) is 6.91. The number of nitrogens with one attached hydrogen (secondary N) is 2. The van der Waals surface area contributed by atoms with Crippen LogP contribution in [-0.4, -0.2) is 84.3 Å². The Morgan fingerprint density at radius 1 is 0.933 bits per heavy atom. The summed E-state index contributed by atoms with van der Waals surface area (Å²) in [7, 11) is 1.88. The number of ether oxygens (including phenoxy) is 1. The molecule has 2 aliphatic rings. The number of rotatable bonds is 5. The molecule has 45 heavy (non-hydrogen) atoms. The van der Waals surface area contributed by atoms with E-state index >= 15 is 0 Å². The van der Waals surface area contributed by atoms with Crippen LogP contribution in [0.4, 0.5) is 43.7 Å². The molecule has 2 aromatic heterocycles. The minimum absolute atomic E-state index is 0.0125. The van der Waals surface area contributed by atoms with Crippen LogP contribution in [0.3, 0.4) is 0 Å². The number of hydrogen-bond donors (Lipinski definition) is 2. The molecule has 0 bridgehead atoms. The summed E-state index contributed by atoms with van der Waals surface area (Å²) in [6.07, 6.45) is -6.79. The third-order valence-corrected chi connectivity index (χ3v) is 8.11. The van der Waals surface area contributed by atoms with E-state index in [1.54, 1.807) is 4.90 Å². The van der Waals surface area contributed by atoms with E-state index in [-0.39, 0.29) is 53.7 Å². The molecule has 5 rings (SSSR count). The maximum atomic E-state index is 14.6. The second-order valence-electron chi connectivity index (χ2n) is 11.1. The van der Waals surface area contributed by atoms with Gasteiger partial charge in [0.05, 0.1) is 41.3 Å². The lowest BCUT2D eigenvalue weighted by atomic mass is 9.97. The van der Waals surface area contributed by atoms with Crippen molar-refractivity contribution in [2.45, 2.75) is 38.3 Å². The number of benzene rings is 1. The molecule has 0 saturated carbocycles. The SMILES string of the molecule is CC1CN(c2cc(C(F)(F)F)c(-c3cnc(N4CCOCC4)nc3)cc2NC(=O)c2c[nH]c(=O)cc2C(F)(F)F)CC(C)N1C. The van der Waals surface area contributed by atoms with E-state index in [1.807, 2.05) is 25.8 Å². The highest BCUT2D eigenvalue weighted by Gasteiger charge is 2.39. The first-order valence-electron chi connectivity index (χ1n) is 14.1. The van der Waals surface area contributed by atoms with Gasteiger partial charge in [0.15, 0.2) is 0 Å². The van der Waals surface area contributed by atoms with Crippen LogP contribution in [0.25, 0.3) is 11.1 Å². The summed E-state index contributed by atoms with van der Waals surface area (Å²) in [5.41, 5.74) is -5.03. The van der Waals surface area contributed by atoms with Gasteiger partial charge in [-0.2, -0.15) is 26.3 Å². The Kier molecular flexibility index (Phi) is 8.81. The number of piperazine rings is 1. The van der Waals surface area contributed by atoms with Crippen LogP contribution in [0.2, 0.25) is 0 Å².